The largest absolute Gasteiger partial charge is 0.310 e. The van der Waals surface area contributed by atoms with Crippen LogP contribution < -0.4 is 9.80 Å². The van der Waals surface area contributed by atoms with Crippen LogP contribution in [0.15, 0.2) is 194 Å². The maximum absolute atomic E-state index is 2.56. The minimum absolute atomic E-state index is 0.979. The topological polar surface area (TPSA) is 15.3 Å². The van der Waals surface area contributed by atoms with Crippen LogP contribution in [0, 0.1) is 0 Å². The first-order valence-electron chi connectivity index (χ1n) is 21.9. The van der Waals surface area contributed by atoms with E-state index in [-0.39, 0.29) is 0 Å². The SMILES string of the molecule is CCc1ccc2c(c1)c1c(N(c3ccccc3)c3ccccc3)ccc3c4cc5c(cc4n2c31)c1ccc(N(c2ccccc2)c2ccccc2)c2c3cc(CC)ccc3n5c12. The molecule has 0 bridgehead atoms. The second kappa shape index (κ2) is 13.3. The molecule has 4 heterocycles. The molecule has 62 heavy (non-hydrogen) atoms. The summed E-state index contributed by atoms with van der Waals surface area (Å²) < 4.78 is 5.12. The van der Waals surface area contributed by atoms with E-state index in [2.05, 4.69) is 227 Å². The molecule has 0 N–H and O–H groups in total. The van der Waals surface area contributed by atoms with Gasteiger partial charge in [0.15, 0.2) is 0 Å². The first-order valence-corrected chi connectivity index (χ1v) is 21.9. The van der Waals surface area contributed by atoms with Crippen LogP contribution in [0.4, 0.5) is 34.1 Å². The van der Waals surface area contributed by atoms with E-state index in [1.54, 1.807) is 0 Å². The van der Waals surface area contributed by atoms with E-state index in [1.807, 2.05) is 0 Å². The van der Waals surface area contributed by atoms with Crippen molar-refractivity contribution in [2.24, 2.45) is 0 Å². The summed E-state index contributed by atoms with van der Waals surface area (Å²) in [7, 11) is 0. The van der Waals surface area contributed by atoms with Gasteiger partial charge in [-0.3, -0.25) is 0 Å². The Morgan fingerprint density at radius 3 is 1.02 bits per heavy atom. The van der Waals surface area contributed by atoms with Crippen molar-refractivity contribution in [2.75, 3.05) is 9.80 Å². The number of aryl methyl sites for hydroxylation is 2. The number of hydrogen-bond acceptors (Lipinski definition) is 2. The Kier molecular flexibility index (Phi) is 7.53. The number of anilines is 6. The zero-order valence-electron chi connectivity index (χ0n) is 34.7. The van der Waals surface area contributed by atoms with Crippen molar-refractivity contribution in [3.8, 4) is 0 Å². The Balaban J connectivity index is 1.15. The summed E-state index contributed by atoms with van der Waals surface area (Å²) in [4.78, 5) is 4.86. The Hall–Kier alpha value is -7.82. The van der Waals surface area contributed by atoms with Gasteiger partial charge in [0.25, 0.3) is 0 Å². The van der Waals surface area contributed by atoms with Crippen molar-refractivity contribution >= 4 is 110 Å². The van der Waals surface area contributed by atoms with E-state index in [0.717, 1.165) is 35.6 Å². The van der Waals surface area contributed by atoms with Crippen LogP contribution in [0.3, 0.4) is 0 Å². The number of hydrogen-bond donors (Lipinski definition) is 0. The van der Waals surface area contributed by atoms with Crippen molar-refractivity contribution in [3.05, 3.63) is 205 Å². The fourth-order valence-electron chi connectivity index (χ4n) is 10.6. The van der Waals surface area contributed by atoms with Crippen molar-refractivity contribution in [3.63, 3.8) is 0 Å². The van der Waals surface area contributed by atoms with Crippen molar-refractivity contribution in [1.29, 1.82) is 0 Å². The number of nitrogens with zero attached hydrogens (tertiary/aromatic N) is 4. The van der Waals surface area contributed by atoms with Gasteiger partial charge in [-0.25, -0.2) is 0 Å². The maximum Gasteiger partial charge on any atom is 0.0641 e. The molecule has 13 rings (SSSR count). The van der Waals surface area contributed by atoms with Gasteiger partial charge in [0.1, 0.15) is 0 Å². The zero-order valence-corrected chi connectivity index (χ0v) is 34.7. The van der Waals surface area contributed by atoms with Gasteiger partial charge in [0, 0.05) is 65.8 Å². The van der Waals surface area contributed by atoms with Crippen LogP contribution in [0.5, 0.6) is 0 Å². The summed E-state index contributed by atoms with van der Waals surface area (Å²) in [6, 6.07) is 71.9. The monoisotopic (exact) mass is 794 g/mol. The third kappa shape index (κ3) is 4.83. The fourth-order valence-corrected chi connectivity index (χ4v) is 10.6. The van der Waals surface area contributed by atoms with Gasteiger partial charge in [0.2, 0.25) is 0 Å². The number of aromatic nitrogens is 2. The van der Waals surface area contributed by atoms with Gasteiger partial charge in [0.05, 0.1) is 44.5 Å². The summed E-state index contributed by atoms with van der Waals surface area (Å²) >= 11 is 0. The smallest absolute Gasteiger partial charge is 0.0641 e. The van der Waals surface area contributed by atoms with Gasteiger partial charge in [-0.15, -0.1) is 0 Å². The van der Waals surface area contributed by atoms with Crippen LogP contribution in [0.2, 0.25) is 0 Å². The van der Waals surface area contributed by atoms with Crippen molar-refractivity contribution in [1.82, 2.24) is 8.80 Å². The van der Waals surface area contributed by atoms with Gasteiger partial charge >= 0.3 is 0 Å². The molecule has 4 aromatic heterocycles. The highest BCUT2D eigenvalue weighted by atomic mass is 15.2. The number of para-hydroxylation sites is 4. The molecule has 13 aromatic rings. The molecule has 4 nitrogen and oxygen atoms in total. The maximum atomic E-state index is 2.56. The lowest BCUT2D eigenvalue weighted by atomic mass is 10.0. The van der Waals surface area contributed by atoms with Crippen LogP contribution in [-0.4, -0.2) is 8.80 Å². The van der Waals surface area contributed by atoms with Crippen molar-refractivity contribution in [2.45, 2.75) is 26.7 Å². The molecule has 0 spiro atoms. The molecule has 0 atom stereocenters. The first kappa shape index (κ1) is 35.0. The number of rotatable bonds is 8. The standard InChI is InChI=1S/C58H42N4/c1-3-37-25-29-49-47(33-37)55-51(59(39-17-9-5-10-18-39)40-19-11-6-12-20-40)31-27-43-45-36-54-46(35-53(45)61(49)57(43)55)44-28-32-52(56-48-34-38(4-2)26-30-50(48)62(54)58(44)56)60(41-21-13-7-14-22-41)42-23-15-8-16-24-42/h5-36H,3-4H2,1-2H3. The minimum atomic E-state index is 0.979. The molecule has 0 amide bonds. The molecule has 294 valence electrons. The molecular formula is C58H42N4. The highest BCUT2D eigenvalue weighted by Crippen LogP contribution is 2.51. The highest BCUT2D eigenvalue weighted by molar-refractivity contribution is 6.32. The predicted octanol–water partition coefficient (Wildman–Crippen LogP) is 16.1. The first-order chi connectivity index (χ1) is 30.7. The third-order valence-electron chi connectivity index (χ3n) is 13.4. The second-order valence-electron chi connectivity index (χ2n) is 16.7. The third-order valence-corrected chi connectivity index (χ3v) is 13.4. The van der Waals surface area contributed by atoms with E-state index in [1.165, 1.54) is 98.7 Å². The van der Waals surface area contributed by atoms with Crippen LogP contribution in [-0.2, 0) is 12.8 Å². The highest BCUT2D eigenvalue weighted by Gasteiger charge is 2.28. The van der Waals surface area contributed by atoms with E-state index in [4.69, 9.17) is 0 Å². The molecule has 0 fully saturated rings. The zero-order chi connectivity index (χ0) is 41.1. The number of fused-ring (bicyclic) bond motifs is 12. The lowest BCUT2D eigenvalue weighted by molar-refractivity contribution is 1.15. The molecular weight excluding hydrogens is 753 g/mol. The molecule has 0 aliphatic rings. The summed E-state index contributed by atoms with van der Waals surface area (Å²) in [5, 5.41) is 10.2. The average molecular weight is 795 g/mol. The van der Waals surface area contributed by atoms with Crippen LogP contribution in [0.25, 0.3) is 76.2 Å². The minimum Gasteiger partial charge on any atom is -0.310 e. The van der Waals surface area contributed by atoms with Gasteiger partial charge in [-0.2, -0.15) is 0 Å². The Morgan fingerprint density at radius 2 is 0.677 bits per heavy atom. The van der Waals surface area contributed by atoms with E-state index in [0.29, 0.717) is 0 Å². The van der Waals surface area contributed by atoms with Crippen LogP contribution >= 0.6 is 0 Å². The van der Waals surface area contributed by atoms with E-state index in [9.17, 15) is 0 Å². The summed E-state index contributed by atoms with van der Waals surface area (Å²) in [5.74, 6) is 0. The lowest BCUT2D eigenvalue weighted by Gasteiger charge is -2.26. The summed E-state index contributed by atoms with van der Waals surface area (Å²) in [6.45, 7) is 4.51. The summed E-state index contributed by atoms with van der Waals surface area (Å²) in [6.07, 6.45) is 1.96. The molecule has 4 heteroatoms. The summed E-state index contributed by atoms with van der Waals surface area (Å²) in [5.41, 5.74) is 17.1. The molecule has 0 radical (unpaired) electrons. The molecule has 0 saturated heterocycles. The van der Waals surface area contributed by atoms with Crippen molar-refractivity contribution < 1.29 is 0 Å². The average Bonchev–Trinajstić information content (AvgIpc) is 4.06. The predicted molar refractivity (Wildman–Crippen MR) is 264 cm³/mol. The van der Waals surface area contributed by atoms with Crippen LogP contribution in [0.1, 0.15) is 25.0 Å². The fraction of sp³-hybridized carbons (Fsp3) is 0.0690. The Morgan fingerprint density at radius 1 is 0.323 bits per heavy atom. The lowest BCUT2D eigenvalue weighted by Crippen LogP contribution is -2.10. The van der Waals surface area contributed by atoms with Gasteiger partial charge in [-0.05, 0) is 121 Å². The van der Waals surface area contributed by atoms with Gasteiger partial charge < -0.3 is 18.6 Å². The quantitative estimate of drug-likeness (QED) is 0.152. The van der Waals surface area contributed by atoms with E-state index >= 15 is 0 Å². The molecule has 0 aliphatic carbocycles. The molecule has 0 unspecified atom stereocenters. The van der Waals surface area contributed by atoms with Gasteiger partial charge in [-0.1, -0.05) is 111 Å². The van der Waals surface area contributed by atoms with E-state index < -0.39 is 0 Å². The Labute approximate surface area is 359 Å². The number of benzene rings is 9. The normalized spacial score (nSPS) is 12.2. The Bertz CT molecular complexity index is 3480. The molecule has 0 aliphatic heterocycles. The second-order valence-corrected chi connectivity index (χ2v) is 16.7. The molecule has 0 saturated carbocycles. The molecule has 9 aromatic carbocycles.